The van der Waals surface area contributed by atoms with Crippen LogP contribution in [0.4, 0.5) is 5.69 Å². The Labute approximate surface area is 84.7 Å². The van der Waals surface area contributed by atoms with Crippen LogP contribution in [-0.4, -0.2) is 25.2 Å². The zero-order valence-electron chi connectivity index (χ0n) is 8.95. The summed E-state index contributed by atoms with van der Waals surface area (Å²) in [6, 6.07) is 0. The first-order valence-corrected chi connectivity index (χ1v) is 4.97. The van der Waals surface area contributed by atoms with Crippen LogP contribution in [0, 0.1) is 6.92 Å². The molecule has 1 aliphatic carbocycles. The van der Waals surface area contributed by atoms with Crippen LogP contribution in [-0.2, 0) is 0 Å². The molecule has 0 N–H and O–H groups in total. The summed E-state index contributed by atoms with van der Waals surface area (Å²) < 4.78 is 5.87. The highest BCUT2D eigenvalue weighted by Crippen LogP contribution is 2.35. The Morgan fingerprint density at radius 3 is 2.64 bits per heavy atom. The van der Waals surface area contributed by atoms with E-state index >= 15 is 0 Å². The van der Waals surface area contributed by atoms with Crippen LogP contribution in [0.2, 0.25) is 0 Å². The van der Waals surface area contributed by atoms with Crippen molar-refractivity contribution in [1.29, 1.82) is 0 Å². The predicted octanol–water partition coefficient (Wildman–Crippen LogP) is 2.00. The first-order chi connectivity index (χ1) is 6.68. The van der Waals surface area contributed by atoms with Gasteiger partial charge >= 0.3 is 0 Å². The Morgan fingerprint density at radius 1 is 1.36 bits per heavy atom. The zero-order valence-corrected chi connectivity index (χ0v) is 8.95. The van der Waals surface area contributed by atoms with Gasteiger partial charge in [0.15, 0.2) is 0 Å². The normalized spacial score (nSPS) is 15.4. The van der Waals surface area contributed by atoms with Crippen LogP contribution < -0.4 is 9.64 Å². The second-order valence-electron chi connectivity index (χ2n) is 4.02. The lowest BCUT2D eigenvalue weighted by Crippen LogP contribution is -2.12. The molecule has 76 valence electrons. The van der Waals surface area contributed by atoms with Gasteiger partial charge in [-0.3, -0.25) is 4.98 Å². The molecule has 1 aliphatic rings. The maximum Gasteiger partial charge on any atom is 0.149 e. The minimum absolute atomic E-state index is 0.440. The van der Waals surface area contributed by atoms with E-state index in [0.717, 1.165) is 17.0 Å². The molecule has 14 heavy (non-hydrogen) atoms. The van der Waals surface area contributed by atoms with Crippen molar-refractivity contribution < 1.29 is 4.74 Å². The number of rotatable bonds is 3. The van der Waals surface area contributed by atoms with E-state index in [2.05, 4.69) is 4.98 Å². The SMILES string of the molecule is Cc1cncc(N(C)C)c1OC1CC1. The molecular weight excluding hydrogens is 176 g/mol. The second kappa shape index (κ2) is 3.48. The number of hydrogen-bond donors (Lipinski definition) is 0. The molecule has 1 heterocycles. The maximum absolute atomic E-state index is 5.87. The van der Waals surface area contributed by atoms with Crippen molar-refractivity contribution in [3.63, 3.8) is 0 Å². The fourth-order valence-electron chi connectivity index (χ4n) is 1.36. The highest BCUT2D eigenvalue weighted by Gasteiger charge is 2.25. The van der Waals surface area contributed by atoms with Crippen molar-refractivity contribution in [1.82, 2.24) is 4.98 Å². The van der Waals surface area contributed by atoms with Crippen LogP contribution in [0.5, 0.6) is 5.75 Å². The third-order valence-electron chi connectivity index (χ3n) is 2.35. The highest BCUT2D eigenvalue weighted by atomic mass is 16.5. The molecule has 1 fully saturated rings. The summed E-state index contributed by atoms with van der Waals surface area (Å²) in [6.07, 6.45) is 6.52. The van der Waals surface area contributed by atoms with Gasteiger partial charge in [0.05, 0.1) is 18.0 Å². The van der Waals surface area contributed by atoms with E-state index in [0.29, 0.717) is 6.10 Å². The van der Waals surface area contributed by atoms with E-state index in [1.807, 2.05) is 38.3 Å². The van der Waals surface area contributed by atoms with Gasteiger partial charge in [-0.1, -0.05) is 0 Å². The standard InChI is InChI=1S/C11H16N2O/c1-8-6-12-7-10(13(2)3)11(8)14-9-4-5-9/h6-7,9H,4-5H2,1-3H3. The highest BCUT2D eigenvalue weighted by molar-refractivity contribution is 5.59. The summed E-state index contributed by atoms with van der Waals surface area (Å²) in [4.78, 5) is 6.21. The summed E-state index contributed by atoms with van der Waals surface area (Å²) in [6.45, 7) is 2.04. The third-order valence-corrected chi connectivity index (χ3v) is 2.35. The van der Waals surface area contributed by atoms with Crippen LogP contribution in [0.25, 0.3) is 0 Å². The Morgan fingerprint density at radius 2 is 2.07 bits per heavy atom. The summed E-state index contributed by atoms with van der Waals surface area (Å²) in [5.74, 6) is 0.993. The van der Waals surface area contributed by atoms with Gasteiger partial charge in [0, 0.05) is 25.9 Å². The van der Waals surface area contributed by atoms with Crippen molar-refractivity contribution in [2.24, 2.45) is 0 Å². The molecule has 3 heteroatoms. The topological polar surface area (TPSA) is 25.4 Å². The molecule has 1 aromatic heterocycles. The fraction of sp³-hybridized carbons (Fsp3) is 0.545. The molecule has 0 atom stereocenters. The zero-order chi connectivity index (χ0) is 10.1. The average molecular weight is 192 g/mol. The summed E-state index contributed by atoms with van der Waals surface area (Å²) >= 11 is 0. The van der Waals surface area contributed by atoms with Crippen LogP contribution in [0.1, 0.15) is 18.4 Å². The van der Waals surface area contributed by atoms with E-state index in [-0.39, 0.29) is 0 Å². The number of pyridine rings is 1. The summed E-state index contributed by atoms with van der Waals surface area (Å²) in [5.41, 5.74) is 2.18. The average Bonchev–Trinajstić information content (AvgIpc) is 2.91. The van der Waals surface area contributed by atoms with Gasteiger partial charge in [0.2, 0.25) is 0 Å². The maximum atomic E-state index is 5.87. The number of anilines is 1. The van der Waals surface area contributed by atoms with Crippen molar-refractivity contribution in [3.05, 3.63) is 18.0 Å². The smallest absolute Gasteiger partial charge is 0.149 e. The minimum atomic E-state index is 0.440. The lowest BCUT2D eigenvalue weighted by atomic mass is 10.2. The summed E-state index contributed by atoms with van der Waals surface area (Å²) in [5, 5.41) is 0. The van der Waals surface area contributed by atoms with Gasteiger partial charge in [0.1, 0.15) is 5.75 Å². The number of aryl methyl sites for hydroxylation is 1. The summed E-state index contributed by atoms with van der Waals surface area (Å²) in [7, 11) is 4.02. The van der Waals surface area contributed by atoms with E-state index in [1.54, 1.807) is 0 Å². The Bertz CT molecular complexity index is 332. The molecule has 2 rings (SSSR count). The molecule has 0 bridgehead atoms. The van der Waals surface area contributed by atoms with Gasteiger partial charge < -0.3 is 9.64 Å². The molecule has 1 aromatic rings. The number of hydrogen-bond acceptors (Lipinski definition) is 3. The van der Waals surface area contributed by atoms with Gasteiger partial charge in [-0.05, 0) is 19.8 Å². The van der Waals surface area contributed by atoms with Crippen molar-refractivity contribution >= 4 is 5.69 Å². The lowest BCUT2D eigenvalue weighted by Gasteiger charge is -2.18. The van der Waals surface area contributed by atoms with E-state index in [4.69, 9.17) is 4.74 Å². The number of aromatic nitrogens is 1. The second-order valence-corrected chi connectivity index (χ2v) is 4.02. The van der Waals surface area contributed by atoms with E-state index in [9.17, 15) is 0 Å². The van der Waals surface area contributed by atoms with Gasteiger partial charge in [0.25, 0.3) is 0 Å². The van der Waals surface area contributed by atoms with Gasteiger partial charge in [-0.2, -0.15) is 0 Å². The monoisotopic (exact) mass is 192 g/mol. The first-order valence-electron chi connectivity index (χ1n) is 4.97. The quantitative estimate of drug-likeness (QED) is 0.732. The molecular formula is C11H16N2O. The van der Waals surface area contributed by atoms with Crippen LogP contribution in [0.3, 0.4) is 0 Å². The molecule has 1 saturated carbocycles. The van der Waals surface area contributed by atoms with Crippen LogP contribution >= 0.6 is 0 Å². The molecule has 0 spiro atoms. The fourth-order valence-corrected chi connectivity index (χ4v) is 1.36. The molecule has 0 amide bonds. The first kappa shape index (κ1) is 9.31. The van der Waals surface area contributed by atoms with Crippen molar-refractivity contribution in [3.8, 4) is 5.75 Å². The Hall–Kier alpha value is -1.25. The van der Waals surface area contributed by atoms with Crippen LogP contribution in [0.15, 0.2) is 12.4 Å². The van der Waals surface area contributed by atoms with Gasteiger partial charge in [-0.15, -0.1) is 0 Å². The molecule has 0 saturated heterocycles. The third kappa shape index (κ3) is 1.81. The largest absolute Gasteiger partial charge is 0.488 e. The molecule has 0 aromatic carbocycles. The molecule has 0 aliphatic heterocycles. The van der Waals surface area contributed by atoms with Gasteiger partial charge in [-0.25, -0.2) is 0 Å². The number of ether oxygens (including phenoxy) is 1. The predicted molar refractivity (Wildman–Crippen MR) is 57.0 cm³/mol. The molecule has 0 unspecified atom stereocenters. The van der Waals surface area contributed by atoms with E-state index < -0.39 is 0 Å². The Balaban J connectivity index is 2.31. The molecule has 0 radical (unpaired) electrons. The minimum Gasteiger partial charge on any atom is -0.488 e. The lowest BCUT2D eigenvalue weighted by molar-refractivity contribution is 0.301. The van der Waals surface area contributed by atoms with E-state index in [1.165, 1.54) is 12.8 Å². The Kier molecular flexibility index (Phi) is 2.32. The molecule has 3 nitrogen and oxygen atoms in total. The van der Waals surface area contributed by atoms with Crippen molar-refractivity contribution in [2.45, 2.75) is 25.9 Å². The van der Waals surface area contributed by atoms with Crippen molar-refractivity contribution in [2.75, 3.05) is 19.0 Å². The number of nitrogens with zero attached hydrogens (tertiary/aromatic N) is 2.